The zero-order valence-electron chi connectivity index (χ0n) is 26.3. The Morgan fingerprint density at radius 3 is 1.98 bits per heavy atom. The molecule has 0 amide bonds. The highest BCUT2D eigenvalue weighted by Crippen LogP contribution is 2.41. The van der Waals surface area contributed by atoms with Crippen molar-refractivity contribution in [2.45, 2.75) is 27.0 Å². The van der Waals surface area contributed by atoms with Crippen LogP contribution in [0, 0.1) is 23.3 Å². The number of benzene rings is 4. The number of rotatable bonds is 6. The topological polar surface area (TPSA) is 55.8 Å². The van der Waals surface area contributed by atoms with E-state index < -0.39 is 51.5 Å². The lowest BCUT2D eigenvalue weighted by molar-refractivity contribution is 0.0985. The number of Topliss-reactive ketones (excluding diaryl/α,β-unsaturated/α-hetero) is 2. The fourth-order valence-electron chi connectivity index (χ4n) is 6.17. The molecule has 0 unspecified atom stereocenters. The summed E-state index contributed by atoms with van der Waals surface area (Å²) in [5, 5.41) is 0. The summed E-state index contributed by atoms with van der Waals surface area (Å²) in [5.74, 6) is -9.46. The van der Waals surface area contributed by atoms with Gasteiger partial charge < -0.3 is 14.4 Å². The van der Waals surface area contributed by atoms with Crippen molar-refractivity contribution in [3.8, 4) is 5.75 Å². The van der Waals surface area contributed by atoms with Crippen molar-refractivity contribution >= 4 is 22.8 Å². The van der Waals surface area contributed by atoms with Gasteiger partial charge in [0.1, 0.15) is 23.9 Å². The van der Waals surface area contributed by atoms with E-state index >= 15 is 0 Å². The number of allylic oxidation sites excluding steroid dienone is 8. The molecule has 3 aliphatic rings. The maximum Gasteiger partial charge on any atom is 0.201 e. The predicted octanol–water partition coefficient (Wildman–Crippen LogP) is 9.32. The van der Waals surface area contributed by atoms with Gasteiger partial charge in [-0.1, -0.05) is 60.7 Å². The molecule has 0 N–H and O–H groups in total. The van der Waals surface area contributed by atoms with E-state index in [9.17, 15) is 27.2 Å². The first-order chi connectivity index (χ1) is 23.6. The van der Waals surface area contributed by atoms with Crippen LogP contribution >= 0.6 is 0 Å². The molecule has 0 spiro atoms. The van der Waals surface area contributed by atoms with Gasteiger partial charge in [0.2, 0.25) is 11.6 Å². The molecule has 0 bridgehead atoms. The van der Waals surface area contributed by atoms with Crippen molar-refractivity contribution in [3.05, 3.63) is 183 Å². The standard InChI is InChI=1S/C40H27F4NO4/c1-22-15-27(18-29-17-26(16-23(2)49-29)32-39(46)33-34(40(32)47)36(42)38(44)37(43)35(33)41)45(20-24-9-5-3-6-10-24)31-19-28(13-14-30(22)31)48-21-25-11-7-4-8-12-25/h3-19H,20-21H2,1-2H3/b27-18+. The number of hydrogen-bond donors (Lipinski definition) is 0. The van der Waals surface area contributed by atoms with E-state index in [0.717, 1.165) is 28.0 Å². The lowest BCUT2D eigenvalue weighted by atomic mass is 9.96. The SMILES string of the molecule is CC1=CC(=C2C(=O)c3c(F)c(F)c(F)c(F)c3C2=O)C=C(/C=C2\C=C(C)c3ccc(OCc4ccccc4)cc3N2Cc2ccccc2)O1. The van der Waals surface area contributed by atoms with Gasteiger partial charge >= 0.3 is 0 Å². The maximum atomic E-state index is 14.7. The second-order valence-electron chi connectivity index (χ2n) is 11.8. The highest BCUT2D eigenvalue weighted by Gasteiger charge is 2.43. The third-order valence-corrected chi connectivity index (χ3v) is 8.48. The molecule has 4 aromatic carbocycles. The molecule has 7 rings (SSSR count). The molecule has 2 aliphatic heterocycles. The van der Waals surface area contributed by atoms with Crippen molar-refractivity contribution in [1.29, 1.82) is 0 Å². The molecule has 0 aromatic heterocycles. The highest BCUT2D eigenvalue weighted by atomic mass is 19.2. The molecule has 5 nitrogen and oxygen atoms in total. The Labute approximate surface area is 279 Å². The fraction of sp³-hybridized carbons (Fsp3) is 0.100. The molecule has 2 heterocycles. The molecule has 1 aliphatic carbocycles. The lowest BCUT2D eigenvalue weighted by Crippen LogP contribution is -2.25. The zero-order valence-corrected chi connectivity index (χ0v) is 26.3. The van der Waals surface area contributed by atoms with Crippen LogP contribution in [0.15, 0.2) is 132 Å². The molecule has 9 heteroatoms. The number of nitrogens with zero attached hydrogens (tertiary/aromatic N) is 1. The summed E-state index contributed by atoms with van der Waals surface area (Å²) in [7, 11) is 0. The summed E-state index contributed by atoms with van der Waals surface area (Å²) < 4.78 is 69.5. The number of halogens is 4. The number of ether oxygens (including phenoxy) is 2. The van der Waals surface area contributed by atoms with Gasteiger partial charge in [0, 0.05) is 29.9 Å². The van der Waals surface area contributed by atoms with Crippen LogP contribution in [0.2, 0.25) is 0 Å². The summed E-state index contributed by atoms with van der Waals surface area (Å²) in [5.41, 5.74) is 2.67. The van der Waals surface area contributed by atoms with Gasteiger partial charge in [-0.25, -0.2) is 17.6 Å². The highest BCUT2D eigenvalue weighted by molar-refractivity contribution is 6.40. The summed E-state index contributed by atoms with van der Waals surface area (Å²) in [6, 6.07) is 25.5. The third kappa shape index (κ3) is 5.77. The summed E-state index contributed by atoms with van der Waals surface area (Å²) in [4.78, 5) is 28.6. The van der Waals surface area contributed by atoms with Crippen molar-refractivity contribution in [3.63, 3.8) is 0 Å². The Morgan fingerprint density at radius 1 is 0.735 bits per heavy atom. The van der Waals surface area contributed by atoms with Crippen LogP contribution in [0.4, 0.5) is 23.2 Å². The summed E-state index contributed by atoms with van der Waals surface area (Å²) in [6.45, 7) is 4.40. The minimum atomic E-state index is -2.16. The number of ketones is 2. The monoisotopic (exact) mass is 661 g/mol. The van der Waals surface area contributed by atoms with Crippen LogP contribution < -0.4 is 9.64 Å². The van der Waals surface area contributed by atoms with Crippen LogP contribution in [0.25, 0.3) is 5.57 Å². The molecular weight excluding hydrogens is 634 g/mol. The van der Waals surface area contributed by atoms with E-state index in [2.05, 4.69) is 4.90 Å². The van der Waals surface area contributed by atoms with Crippen LogP contribution in [-0.2, 0) is 17.9 Å². The first-order valence-corrected chi connectivity index (χ1v) is 15.4. The second-order valence-corrected chi connectivity index (χ2v) is 11.8. The quantitative estimate of drug-likeness (QED) is 0.0678. The Hall–Kier alpha value is -5.96. The Balaban J connectivity index is 1.30. The molecule has 49 heavy (non-hydrogen) atoms. The minimum absolute atomic E-state index is 0.00969. The van der Waals surface area contributed by atoms with E-state index in [1.165, 1.54) is 12.2 Å². The predicted molar refractivity (Wildman–Crippen MR) is 176 cm³/mol. The van der Waals surface area contributed by atoms with Gasteiger partial charge in [0.25, 0.3) is 0 Å². The van der Waals surface area contributed by atoms with Crippen molar-refractivity contribution < 1.29 is 36.6 Å². The van der Waals surface area contributed by atoms with Gasteiger partial charge in [-0.05, 0) is 66.5 Å². The van der Waals surface area contributed by atoms with Crippen molar-refractivity contribution in [1.82, 2.24) is 0 Å². The third-order valence-electron chi connectivity index (χ3n) is 8.48. The molecule has 0 atom stereocenters. The summed E-state index contributed by atoms with van der Waals surface area (Å²) in [6.07, 6.45) is 6.44. The average molecular weight is 662 g/mol. The molecule has 0 radical (unpaired) electrons. The molecule has 4 aromatic rings. The smallest absolute Gasteiger partial charge is 0.201 e. The van der Waals surface area contributed by atoms with E-state index in [1.54, 1.807) is 13.0 Å². The second kappa shape index (κ2) is 12.6. The van der Waals surface area contributed by atoms with Gasteiger partial charge in [0.05, 0.1) is 22.4 Å². The lowest BCUT2D eigenvalue weighted by Gasteiger charge is -2.33. The summed E-state index contributed by atoms with van der Waals surface area (Å²) >= 11 is 0. The number of fused-ring (bicyclic) bond motifs is 2. The van der Waals surface area contributed by atoms with Crippen LogP contribution in [0.3, 0.4) is 0 Å². The van der Waals surface area contributed by atoms with Crippen LogP contribution in [0.1, 0.15) is 51.3 Å². The Bertz CT molecular complexity index is 2170. The maximum absolute atomic E-state index is 14.7. The van der Waals surface area contributed by atoms with E-state index in [1.807, 2.05) is 91.9 Å². The average Bonchev–Trinajstić information content (AvgIpc) is 3.37. The van der Waals surface area contributed by atoms with E-state index in [-0.39, 0.29) is 17.1 Å². The fourth-order valence-corrected chi connectivity index (χ4v) is 6.17. The van der Waals surface area contributed by atoms with E-state index in [0.29, 0.717) is 24.6 Å². The minimum Gasteiger partial charge on any atom is -0.489 e. The van der Waals surface area contributed by atoms with Crippen LogP contribution in [-0.4, -0.2) is 11.6 Å². The number of hydrogen-bond acceptors (Lipinski definition) is 5. The Morgan fingerprint density at radius 2 is 1.35 bits per heavy atom. The van der Waals surface area contributed by atoms with Gasteiger partial charge in [0.15, 0.2) is 23.3 Å². The van der Waals surface area contributed by atoms with E-state index in [4.69, 9.17) is 9.47 Å². The first-order valence-electron chi connectivity index (χ1n) is 15.4. The number of carbonyl (C=O) groups excluding carboxylic acids is 2. The zero-order chi connectivity index (χ0) is 34.4. The largest absolute Gasteiger partial charge is 0.489 e. The molecule has 244 valence electrons. The number of carbonyl (C=O) groups is 2. The molecular formula is C40H27F4NO4. The molecule has 0 fully saturated rings. The first kappa shape index (κ1) is 31.6. The Kier molecular flexibility index (Phi) is 8.12. The number of anilines is 1. The normalized spacial score (nSPS) is 16.2. The molecule has 0 saturated heterocycles. The van der Waals surface area contributed by atoms with Gasteiger partial charge in [-0.15, -0.1) is 0 Å². The van der Waals surface area contributed by atoms with Crippen molar-refractivity contribution in [2.75, 3.05) is 4.90 Å². The molecule has 0 saturated carbocycles. The van der Waals surface area contributed by atoms with Gasteiger partial charge in [-0.3, -0.25) is 9.59 Å². The van der Waals surface area contributed by atoms with Crippen molar-refractivity contribution in [2.24, 2.45) is 0 Å². The van der Waals surface area contributed by atoms with Gasteiger partial charge in [-0.2, -0.15) is 0 Å². The van der Waals surface area contributed by atoms with Crippen LogP contribution in [0.5, 0.6) is 5.75 Å².